The summed E-state index contributed by atoms with van der Waals surface area (Å²) >= 11 is 0. The van der Waals surface area contributed by atoms with Crippen molar-refractivity contribution in [1.29, 1.82) is 0 Å². The highest BCUT2D eigenvalue weighted by Crippen LogP contribution is 2.07. The predicted octanol–water partition coefficient (Wildman–Crippen LogP) is 1.19. The summed E-state index contributed by atoms with van der Waals surface area (Å²) in [4.78, 5) is 12.1. The smallest absolute Gasteiger partial charge is 0.283 e. The van der Waals surface area contributed by atoms with Crippen LogP contribution >= 0.6 is 0 Å². The van der Waals surface area contributed by atoms with E-state index in [1.807, 2.05) is 31.2 Å². The third-order valence-corrected chi connectivity index (χ3v) is 2.64. The van der Waals surface area contributed by atoms with Crippen molar-refractivity contribution >= 4 is 5.65 Å². The number of aryl methyl sites for hydroxylation is 1. The quantitative estimate of drug-likeness (QED) is 0.626. The van der Waals surface area contributed by atoms with Gasteiger partial charge in [0, 0.05) is 18.1 Å². The van der Waals surface area contributed by atoms with Crippen LogP contribution in [0.4, 0.5) is 0 Å². The molecule has 0 unspecified atom stereocenters. The first kappa shape index (κ1) is 9.77. The van der Waals surface area contributed by atoms with Gasteiger partial charge in [-0.1, -0.05) is 12.1 Å². The monoisotopic (exact) mass is 226 g/mol. The molecule has 3 aromatic rings. The highest BCUT2D eigenvalue weighted by Gasteiger charge is 2.05. The Morgan fingerprint density at radius 3 is 2.94 bits per heavy atom. The minimum Gasteiger partial charge on any atom is -0.283 e. The zero-order valence-corrected chi connectivity index (χ0v) is 9.24. The maximum atomic E-state index is 12.1. The van der Waals surface area contributed by atoms with Gasteiger partial charge in [-0.05, 0) is 24.6 Å². The van der Waals surface area contributed by atoms with Gasteiger partial charge in [-0.3, -0.25) is 13.8 Å². The van der Waals surface area contributed by atoms with Gasteiger partial charge in [-0.15, -0.1) is 10.2 Å². The van der Waals surface area contributed by atoms with Crippen molar-refractivity contribution in [3.63, 3.8) is 0 Å². The second kappa shape index (κ2) is 3.55. The van der Waals surface area contributed by atoms with E-state index in [0.29, 0.717) is 5.65 Å². The van der Waals surface area contributed by atoms with E-state index < -0.39 is 0 Å². The average Bonchev–Trinajstić information content (AvgIpc) is 2.78. The predicted molar refractivity (Wildman–Crippen MR) is 63.3 cm³/mol. The number of nitrogens with zero attached hydrogens (tertiary/aromatic N) is 4. The third kappa shape index (κ3) is 1.52. The van der Waals surface area contributed by atoms with Crippen molar-refractivity contribution in [3.8, 4) is 5.69 Å². The number of benzene rings is 1. The van der Waals surface area contributed by atoms with Crippen molar-refractivity contribution in [2.45, 2.75) is 6.92 Å². The fraction of sp³-hybridized carbons (Fsp3) is 0.0833. The lowest BCUT2D eigenvalue weighted by molar-refractivity contribution is 0.948. The lowest BCUT2D eigenvalue weighted by Gasteiger charge is -2.06. The molecule has 2 aromatic heterocycles. The van der Waals surface area contributed by atoms with Crippen LogP contribution in [-0.2, 0) is 0 Å². The molecule has 5 heteroatoms. The van der Waals surface area contributed by atoms with Crippen LogP contribution < -0.4 is 5.56 Å². The molecular weight excluding hydrogens is 216 g/mol. The topological polar surface area (TPSA) is 52.2 Å². The Balaban J connectivity index is 2.31. The molecule has 0 aliphatic carbocycles. The van der Waals surface area contributed by atoms with E-state index in [1.165, 1.54) is 6.33 Å². The van der Waals surface area contributed by atoms with Crippen molar-refractivity contribution in [2.75, 3.05) is 0 Å². The fourth-order valence-corrected chi connectivity index (χ4v) is 1.80. The van der Waals surface area contributed by atoms with Crippen LogP contribution in [0.25, 0.3) is 11.3 Å². The van der Waals surface area contributed by atoms with Crippen LogP contribution in [0.1, 0.15) is 5.56 Å². The molecule has 0 saturated carbocycles. The van der Waals surface area contributed by atoms with Crippen LogP contribution in [0.15, 0.2) is 47.8 Å². The van der Waals surface area contributed by atoms with Gasteiger partial charge < -0.3 is 0 Å². The summed E-state index contributed by atoms with van der Waals surface area (Å²) in [5, 5.41) is 7.52. The van der Waals surface area contributed by atoms with E-state index in [4.69, 9.17) is 0 Å². The molecule has 0 bridgehead atoms. The van der Waals surface area contributed by atoms with Gasteiger partial charge in [0.05, 0.1) is 0 Å². The third-order valence-electron chi connectivity index (χ3n) is 2.64. The van der Waals surface area contributed by atoms with Gasteiger partial charge in [0.2, 0.25) is 5.65 Å². The molecule has 0 amide bonds. The van der Waals surface area contributed by atoms with Gasteiger partial charge in [0.25, 0.3) is 0 Å². The van der Waals surface area contributed by atoms with Crippen molar-refractivity contribution in [1.82, 2.24) is 19.2 Å². The molecule has 0 aliphatic heterocycles. The van der Waals surface area contributed by atoms with E-state index in [-0.39, 0.29) is 5.56 Å². The number of hydrogen-bond acceptors (Lipinski definition) is 3. The molecule has 1 aromatic carbocycles. The van der Waals surface area contributed by atoms with Gasteiger partial charge in [-0.2, -0.15) is 0 Å². The van der Waals surface area contributed by atoms with Gasteiger partial charge >= 0.3 is 5.56 Å². The Hall–Kier alpha value is -2.43. The molecule has 0 spiro atoms. The summed E-state index contributed by atoms with van der Waals surface area (Å²) in [6.45, 7) is 1.99. The lowest BCUT2D eigenvalue weighted by atomic mass is 10.2. The normalized spacial score (nSPS) is 10.9. The Morgan fingerprint density at radius 1 is 1.24 bits per heavy atom. The Labute approximate surface area is 97.0 Å². The first-order chi connectivity index (χ1) is 8.25. The summed E-state index contributed by atoms with van der Waals surface area (Å²) in [5.41, 5.74) is 2.10. The fourth-order valence-electron chi connectivity index (χ4n) is 1.80. The summed E-state index contributed by atoms with van der Waals surface area (Å²) in [6.07, 6.45) is 4.99. The molecule has 0 fully saturated rings. The van der Waals surface area contributed by atoms with E-state index >= 15 is 0 Å². The number of aromatic nitrogens is 4. The minimum absolute atomic E-state index is 0.171. The summed E-state index contributed by atoms with van der Waals surface area (Å²) in [6, 6.07) is 7.75. The second-order valence-electron chi connectivity index (χ2n) is 3.87. The highest BCUT2D eigenvalue weighted by atomic mass is 16.1. The molecule has 3 rings (SSSR count). The molecule has 0 N–H and O–H groups in total. The summed E-state index contributed by atoms with van der Waals surface area (Å²) in [7, 11) is 0. The lowest BCUT2D eigenvalue weighted by Crippen LogP contribution is -2.19. The Morgan fingerprint density at radius 2 is 2.12 bits per heavy atom. The maximum Gasteiger partial charge on any atom is 0.300 e. The van der Waals surface area contributed by atoms with Crippen molar-refractivity contribution in [2.24, 2.45) is 0 Å². The van der Waals surface area contributed by atoms with Crippen LogP contribution in [0.3, 0.4) is 0 Å². The van der Waals surface area contributed by atoms with Crippen LogP contribution in [0.2, 0.25) is 0 Å². The van der Waals surface area contributed by atoms with Gasteiger partial charge in [0.1, 0.15) is 6.33 Å². The Kier molecular flexibility index (Phi) is 2.04. The molecule has 0 atom stereocenters. The average molecular weight is 226 g/mol. The zero-order chi connectivity index (χ0) is 11.8. The Bertz CT molecular complexity index is 741. The molecule has 84 valence electrons. The summed E-state index contributed by atoms with van der Waals surface area (Å²) in [5.74, 6) is 0. The standard InChI is InChI=1S/C12H10N4O/c1-9-3-2-4-10(7-9)16-6-5-15-8-13-14-11(15)12(16)17/h2-8H,1H3. The van der Waals surface area contributed by atoms with Gasteiger partial charge in [0.15, 0.2) is 0 Å². The first-order valence-corrected chi connectivity index (χ1v) is 5.24. The molecule has 0 saturated heterocycles. The SMILES string of the molecule is Cc1cccc(-n2ccn3cnnc3c2=O)c1. The van der Waals surface area contributed by atoms with Crippen LogP contribution in [0, 0.1) is 6.92 Å². The minimum atomic E-state index is -0.171. The van der Waals surface area contributed by atoms with Crippen LogP contribution in [-0.4, -0.2) is 19.2 Å². The molecule has 0 aliphatic rings. The number of hydrogen-bond donors (Lipinski definition) is 0. The first-order valence-electron chi connectivity index (χ1n) is 5.24. The maximum absolute atomic E-state index is 12.1. The second-order valence-corrected chi connectivity index (χ2v) is 3.87. The highest BCUT2D eigenvalue weighted by molar-refractivity contribution is 5.41. The largest absolute Gasteiger partial charge is 0.300 e. The molecule has 17 heavy (non-hydrogen) atoms. The molecule has 5 nitrogen and oxygen atoms in total. The van der Waals surface area contributed by atoms with E-state index in [1.54, 1.807) is 21.4 Å². The van der Waals surface area contributed by atoms with E-state index in [2.05, 4.69) is 10.2 Å². The van der Waals surface area contributed by atoms with E-state index in [9.17, 15) is 4.79 Å². The van der Waals surface area contributed by atoms with Crippen molar-refractivity contribution in [3.05, 3.63) is 58.9 Å². The van der Waals surface area contributed by atoms with Gasteiger partial charge in [-0.25, -0.2) is 0 Å². The molecule has 0 radical (unpaired) electrons. The summed E-state index contributed by atoms with van der Waals surface area (Å²) < 4.78 is 3.17. The number of fused-ring (bicyclic) bond motifs is 1. The van der Waals surface area contributed by atoms with Crippen LogP contribution in [0.5, 0.6) is 0 Å². The van der Waals surface area contributed by atoms with Crippen molar-refractivity contribution < 1.29 is 0 Å². The molecule has 2 heterocycles. The molecular formula is C12H10N4O. The zero-order valence-electron chi connectivity index (χ0n) is 9.24. The van der Waals surface area contributed by atoms with E-state index in [0.717, 1.165) is 11.3 Å². The number of rotatable bonds is 1.